The fraction of sp³-hybridized carbons (Fsp3) is 0.750. The number of nitrogens with zero attached hydrogens (tertiary/aromatic N) is 2. The van der Waals surface area contributed by atoms with E-state index in [0.29, 0.717) is 0 Å². The van der Waals surface area contributed by atoms with Crippen LogP contribution in [-0.4, -0.2) is 23.6 Å². The van der Waals surface area contributed by atoms with Gasteiger partial charge in [0.25, 0.3) is 0 Å². The lowest BCUT2D eigenvalue weighted by Crippen LogP contribution is -2.24. The van der Waals surface area contributed by atoms with Gasteiger partial charge in [0, 0.05) is 13.7 Å². The van der Waals surface area contributed by atoms with E-state index in [-0.39, 0.29) is 11.5 Å². The van der Waals surface area contributed by atoms with Crippen LogP contribution in [0.25, 0.3) is 0 Å². The Labute approximate surface area is 142 Å². The normalized spacial score (nSPS) is 13.3. The Bertz CT molecular complexity index is 458. The van der Waals surface area contributed by atoms with Gasteiger partial charge < -0.3 is 10.1 Å². The summed E-state index contributed by atoms with van der Waals surface area (Å²) in [6, 6.07) is 0. The second kappa shape index (κ2) is 8.27. The third-order valence-electron chi connectivity index (χ3n) is 3.22. The predicted octanol–water partition coefficient (Wildman–Crippen LogP) is 4.59. The first-order valence-corrected chi connectivity index (χ1v) is 8.75. The van der Waals surface area contributed by atoms with E-state index in [2.05, 4.69) is 62.5 Å². The number of methoxy groups -OCH3 is 1. The maximum absolute atomic E-state index is 5.68. The molecule has 4 nitrogen and oxygen atoms in total. The second-order valence-corrected chi connectivity index (χ2v) is 7.43. The molecule has 0 radical (unpaired) electrons. The molecule has 1 aromatic heterocycles. The number of nitrogens with one attached hydrogen (secondary N) is 1. The van der Waals surface area contributed by atoms with E-state index in [0.717, 1.165) is 46.7 Å². The van der Waals surface area contributed by atoms with Gasteiger partial charge in [-0.15, -0.1) is 0 Å². The fourth-order valence-corrected chi connectivity index (χ4v) is 2.94. The van der Waals surface area contributed by atoms with E-state index in [4.69, 9.17) is 14.7 Å². The van der Waals surface area contributed by atoms with Crippen LogP contribution in [0.2, 0.25) is 0 Å². The van der Waals surface area contributed by atoms with E-state index < -0.39 is 0 Å². The first-order chi connectivity index (χ1) is 9.85. The zero-order chi connectivity index (χ0) is 16.0. The van der Waals surface area contributed by atoms with Crippen molar-refractivity contribution in [2.75, 3.05) is 19.0 Å². The molecule has 1 heterocycles. The second-order valence-electron chi connectivity index (χ2n) is 6.35. The Morgan fingerprint density at radius 3 is 2.33 bits per heavy atom. The highest BCUT2D eigenvalue weighted by Gasteiger charge is 2.30. The molecule has 0 saturated heterocycles. The van der Waals surface area contributed by atoms with Crippen LogP contribution in [0, 0.1) is 8.99 Å². The molecule has 0 aliphatic carbocycles. The monoisotopic (exact) mass is 405 g/mol. The van der Waals surface area contributed by atoms with Gasteiger partial charge in [-0.2, -0.15) is 0 Å². The number of hydrogen-bond donors (Lipinski definition) is 1. The van der Waals surface area contributed by atoms with Crippen LogP contribution in [0.3, 0.4) is 0 Å². The van der Waals surface area contributed by atoms with Gasteiger partial charge in [-0.3, -0.25) is 0 Å². The Kier molecular flexibility index (Phi) is 7.33. The Morgan fingerprint density at radius 1 is 1.19 bits per heavy atom. The number of aromatic nitrogens is 2. The van der Waals surface area contributed by atoms with Gasteiger partial charge in [0.15, 0.2) is 5.82 Å². The Hall–Kier alpha value is -0.430. The maximum Gasteiger partial charge on any atom is 0.160 e. The van der Waals surface area contributed by atoms with Crippen molar-refractivity contribution in [3.8, 4) is 0 Å². The zero-order valence-corrected chi connectivity index (χ0v) is 16.2. The highest BCUT2D eigenvalue weighted by Crippen LogP contribution is 2.35. The van der Waals surface area contributed by atoms with Crippen molar-refractivity contribution in [2.45, 2.75) is 60.0 Å². The van der Waals surface area contributed by atoms with Gasteiger partial charge in [-0.25, -0.2) is 9.97 Å². The average molecular weight is 405 g/mol. The molecule has 0 spiro atoms. The van der Waals surface area contributed by atoms with Gasteiger partial charge in [-0.05, 0) is 40.8 Å². The van der Waals surface area contributed by atoms with Gasteiger partial charge in [-0.1, -0.05) is 41.0 Å². The van der Waals surface area contributed by atoms with Crippen molar-refractivity contribution in [1.29, 1.82) is 0 Å². The van der Waals surface area contributed by atoms with Gasteiger partial charge >= 0.3 is 0 Å². The molecule has 0 fully saturated rings. The summed E-state index contributed by atoms with van der Waals surface area (Å²) in [5, 5.41) is 3.42. The summed E-state index contributed by atoms with van der Waals surface area (Å²) in [7, 11) is 1.73. The highest BCUT2D eigenvalue weighted by atomic mass is 127. The molecule has 5 heteroatoms. The summed E-state index contributed by atoms with van der Waals surface area (Å²) in [4.78, 5) is 9.52. The minimum atomic E-state index is -0.104. The highest BCUT2D eigenvalue weighted by molar-refractivity contribution is 14.1. The van der Waals surface area contributed by atoms with E-state index in [1.807, 2.05) is 0 Å². The van der Waals surface area contributed by atoms with E-state index >= 15 is 0 Å². The van der Waals surface area contributed by atoms with Crippen molar-refractivity contribution in [1.82, 2.24) is 9.97 Å². The summed E-state index contributed by atoms with van der Waals surface area (Å²) in [5.41, 5.74) is 1.08. The number of rotatable bonds is 7. The Morgan fingerprint density at radius 2 is 1.86 bits per heavy atom. The van der Waals surface area contributed by atoms with Crippen LogP contribution in [0.4, 0.5) is 5.82 Å². The van der Waals surface area contributed by atoms with Gasteiger partial charge in [0.1, 0.15) is 11.9 Å². The number of aryl methyl sites for hydroxylation is 1. The molecule has 0 aromatic carbocycles. The van der Waals surface area contributed by atoms with E-state index in [9.17, 15) is 0 Å². The van der Waals surface area contributed by atoms with Crippen molar-refractivity contribution in [3.63, 3.8) is 0 Å². The van der Waals surface area contributed by atoms with E-state index in [1.165, 1.54) is 0 Å². The number of hydrogen-bond acceptors (Lipinski definition) is 4. The van der Waals surface area contributed by atoms with Gasteiger partial charge in [0.2, 0.25) is 0 Å². The van der Waals surface area contributed by atoms with Crippen LogP contribution in [-0.2, 0) is 11.2 Å². The molecular formula is C16H28IN3O. The first kappa shape index (κ1) is 18.6. The largest absolute Gasteiger partial charge is 0.373 e. The minimum absolute atomic E-state index is 0.0347. The maximum atomic E-state index is 5.68. The van der Waals surface area contributed by atoms with Crippen LogP contribution in [0.15, 0.2) is 0 Å². The third kappa shape index (κ3) is 5.06. The summed E-state index contributed by atoms with van der Waals surface area (Å²) in [6.45, 7) is 11.7. The van der Waals surface area contributed by atoms with Crippen LogP contribution in [0.5, 0.6) is 0 Å². The SMILES string of the molecule is CCCNc1nc(C(OC)C(C)(C)C)nc(CCC)c1I. The smallest absolute Gasteiger partial charge is 0.160 e. The molecule has 1 N–H and O–H groups in total. The average Bonchev–Trinajstić information content (AvgIpc) is 2.40. The van der Waals surface area contributed by atoms with Crippen molar-refractivity contribution in [2.24, 2.45) is 5.41 Å². The first-order valence-electron chi connectivity index (χ1n) is 7.68. The molecule has 0 amide bonds. The standard InChI is InChI=1S/C16H28IN3O/c1-7-9-11-12(17)14(18-10-8-2)20-15(19-11)13(21-6)16(3,4)5/h13H,7-10H2,1-6H3,(H,18,19,20). The molecule has 1 aromatic rings. The number of halogens is 1. The molecule has 0 saturated carbocycles. The fourth-order valence-electron chi connectivity index (χ4n) is 2.24. The summed E-state index contributed by atoms with van der Waals surface area (Å²) >= 11 is 2.35. The van der Waals surface area contributed by atoms with Crippen molar-refractivity contribution < 1.29 is 4.74 Å². The molecule has 1 unspecified atom stereocenters. The summed E-state index contributed by atoms with van der Waals surface area (Å²) < 4.78 is 6.81. The number of ether oxygens (including phenoxy) is 1. The van der Waals surface area contributed by atoms with Crippen LogP contribution >= 0.6 is 22.6 Å². The minimum Gasteiger partial charge on any atom is -0.373 e. The number of anilines is 1. The lowest BCUT2D eigenvalue weighted by Gasteiger charge is -2.28. The molecule has 1 atom stereocenters. The molecule has 0 aliphatic heterocycles. The summed E-state index contributed by atoms with van der Waals surface area (Å²) in [5.74, 6) is 1.73. The van der Waals surface area contributed by atoms with Gasteiger partial charge in [0.05, 0.1) is 9.26 Å². The predicted molar refractivity (Wildman–Crippen MR) is 96.7 cm³/mol. The Balaban J connectivity index is 3.27. The third-order valence-corrected chi connectivity index (χ3v) is 4.36. The molecule has 0 bridgehead atoms. The molecular weight excluding hydrogens is 377 g/mol. The summed E-state index contributed by atoms with van der Waals surface area (Å²) in [6.07, 6.45) is 3.01. The van der Waals surface area contributed by atoms with Crippen LogP contribution < -0.4 is 5.32 Å². The lowest BCUT2D eigenvalue weighted by molar-refractivity contribution is 0.00858. The lowest BCUT2D eigenvalue weighted by atomic mass is 9.88. The van der Waals surface area contributed by atoms with E-state index in [1.54, 1.807) is 7.11 Å². The quantitative estimate of drug-likeness (QED) is 0.675. The topological polar surface area (TPSA) is 47.0 Å². The van der Waals surface area contributed by atoms with Crippen molar-refractivity contribution in [3.05, 3.63) is 15.1 Å². The van der Waals surface area contributed by atoms with Crippen molar-refractivity contribution >= 4 is 28.4 Å². The molecule has 0 aliphatic rings. The molecule has 120 valence electrons. The van der Waals surface area contributed by atoms with Crippen LogP contribution in [0.1, 0.15) is 65.1 Å². The molecule has 21 heavy (non-hydrogen) atoms. The molecule has 1 rings (SSSR count). The zero-order valence-electron chi connectivity index (χ0n) is 14.1.